The number of aliphatic hydroxyl groups excluding tert-OH is 1. The molecule has 7 nitrogen and oxygen atoms in total. The van der Waals surface area contributed by atoms with Crippen molar-refractivity contribution in [3.05, 3.63) is 62.7 Å². The highest BCUT2D eigenvalue weighted by atomic mass is 35.5. The summed E-state index contributed by atoms with van der Waals surface area (Å²) in [5.74, 6) is 1.07. The van der Waals surface area contributed by atoms with Gasteiger partial charge in [0.2, 0.25) is 0 Å². The molecule has 2 rings (SSSR count). The van der Waals surface area contributed by atoms with Crippen molar-refractivity contribution in [3.8, 4) is 11.5 Å². The smallest absolute Gasteiger partial charge is 0.269 e. The highest BCUT2D eigenvalue weighted by Crippen LogP contribution is 2.34. The second-order valence-electron chi connectivity index (χ2n) is 6.02. The van der Waals surface area contributed by atoms with Crippen LogP contribution in [0.4, 0.5) is 5.69 Å². The Morgan fingerprint density at radius 1 is 1.22 bits per heavy atom. The summed E-state index contributed by atoms with van der Waals surface area (Å²) in [5, 5.41) is 23.7. The number of nitrogens with one attached hydrogen (secondary N) is 1. The summed E-state index contributed by atoms with van der Waals surface area (Å²) in [6.07, 6.45) is -0.445. The van der Waals surface area contributed by atoms with Crippen LogP contribution in [0, 0.1) is 10.1 Å². The molecule has 2 aromatic rings. The molecule has 0 aromatic heterocycles. The molecule has 8 heteroatoms. The van der Waals surface area contributed by atoms with Gasteiger partial charge in [-0.05, 0) is 43.2 Å². The second-order valence-corrected chi connectivity index (χ2v) is 6.42. The molecule has 0 aliphatic rings. The van der Waals surface area contributed by atoms with Crippen molar-refractivity contribution in [1.29, 1.82) is 0 Å². The highest BCUT2D eigenvalue weighted by molar-refractivity contribution is 6.31. The lowest BCUT2D eigenvalue weighted by atomic mass is 10.2. The Morgan fingerprint density at radius 2 is 1.89 bits per heavy atom. The van der Waals surface area contributed by atoms with E-state index in [-0.39, 0.29) is 12.3 Å². The van der Waals surface area contributed by atoms with Crippen molar-refractivity contribution in [1.82, 2.24) is 5.32 Å². The maximum Gasteiger partial charge on any atom is 0.269 e. The minimum Gasteiger partial charge on any atom is -0.490 e. The van der Waals surface area contributed by atoms with E-state index in [4.69, 9.17) is 21.1 Å². The lowest BCUT2D eigenvalue weighted by Crippen LogP contribution is -2.24. The first-order valence-electron chi connectivity index (χ1n) is 8.60. The van der Waals surface area contributed by atoms with Crippen LogP contribution in [0.15, 0.2) is 36.4 Å². The molecule has 0 saturated heterocycles. The van der Waals surface area contributed by atoms with Crippen LogP contribution < -0.4 is 14.8 Å². The zero-order valence-electron chi connectivity index (χ0n) is 15.3. The van der Waals surface area contributed by atoms with Crippen molar-refractivity contribution in [2.45, 2.75) is 33.1 Å². The van der Waals surface area contributed by atoms with Gasteiger partial charge in [0, 0.05) is 36.3 Å². The Bertz CT molecular complexity index is 765. The zero-order chi connectivity index (χ0) is 19.8. The van der Waals surface area contributed by atoms with Gasteiger partial charge in [-0.2, -0.15) is 0 Å². The molecule has 0 spiro atoms. The van der Waals surface area contributed by atoms with Crippen LogP contribution >= 0.6 is 11.6 Å². The Labute approximate surface area is 163 Å². The average molecular weight is 395 g/mol. The topological polar surface area (TPSA) is 93.9 Å². The number of nitro groups is 1. The number of nitrogens with zero attached hydrogens (tertiary/aromatic N) is 1. The van der Waals surface area contributed by atoms with E-state index in [1.165, 1.54) is 12.1 Å². The van der Waals surface area contributed by atoms with E-state index in [9.17, 15) is 15.2 Å². The SMILES string of the molecule is CCOc1cc(CNCC(C)O)c(Cl)cc1OCc1ccc([N+](=O)[O-])cc1. The molecule has 0 radical (unpaired) electrons. The molecule has 146 valence electrons. The largest absolute Gasteiger partial charge is 0.490 e. The summed E-state index contributed by atoms with van der Waals surface area (Å²) in [6.45, 7) is 5.23. The van der Waals surface area contributed by atoms with Gasteiger partial charge in [0.05, 0.1) is 17.6 Å². The van der Waals surface area contributed by atoms with Crippen LogP contribution in [-0.2, 0) is 13.2 Å². The first kappa shape index (κ1) is 21.0. The summed E-state index contributed by atoms with van der Waals surface area (Å²) in [6, 6.07) is 9.67. The van der Waals surface area contributed by atoms with Crippen molar-refractivity contribution in [3.63, 3.8) is 0 Å². The van der Waals surface area contributed by atoms with E-state index >= 15 is 0 Å². The summed E-state index contributed by atoms with van der Waals surface area (Å²) in [7, 11) is 0. The van der Waals surface area contributed by atoms with Gasteiger partial charge >= 0.3 is 0 Å². The number of halogens is 1. The molecular formula is C19H23ClN2O5. The lowest BCUT2D eigenvalue weighted by Gasteiger charge is -2.15. The van der Waals surface area contributed by atoms with Gasteiger partial charge in [-0.15, -0.1) is 0 Å². The van der Waals surface area contributed by atoms with Gasteiger partial charge < -0.3 is 19.9 Å². The number of nitro benzene ring substituents is 1. The molecule has 2 N–H and O–H groups in total. The van der Waals surface area contributed by atoms with Gasteiger partial charge in [0.15, 0.2) is 11.5 Å². The fourth-order valence-electron chi connectivity index (χ4n) is 2.38. The molecular weight excluding hydrogens is 372 g/mol. The quantitative estimate of drug-likeness (QED) is 0.471. The van der Waals surface area contributed by atoms with Gasteiger partial charge in [0.1, 0.15) is 6.61 Å². The van der Waals surface area contributed by atoms with Crippen molar-refractivity contribution in [2.24, 2.45) is 0 Å². The van der Waals surface area contributed by atoms with Crippen LogP contribution in [0.25, 0.3) is 0 Å². The second kappa shape index (κ2) is 10.1. The molecule has 0 heterocycles. The number of ether oxygens (including phenoxy) is 2. The summed E-state index contributed by atoms with van der Waals surface area (Å²) in [4.78, 5) is 10.3. The fraction of sp³-hybridized carbons (Fsp3) is 0.368. The third-order valence-electron chi connectivity index (χ3n) is 3.71. The molecule has 27 heavy (non-hydrogen) atoms. The Hall–Kier alpha value is -2.35. The molecule has 0 bridgehead atoms. The monoisotopic (exact) mass is 394 g/mol. The van der Waals surface area contributed by atoms with Gasteiger partial charge in [0.25, 0.3) is 5.69 Å². The molecule has 2 aromatic carbocycles. The molecule has 0 saturated carbocycles. The number of hydrogen-bond acceptors (Lipinski definition) is 6. The average Bonchev–Trinajstić information content (AvgIpc) is 2.63. The van der Waals surface area contributed by atoms with E-state index in [2.05, 4.69) is 5.32 Å². The Balaban J connectivity index is 2.10. The van der Waals surface area contributed by atoms with Crippen LogP contribution in [0.3, 0.4) is 0 Å². The zero-order valence-corrected chi connectivity index (χ0v) is 16.0. The summed E-state index contributed by atoms with van der Waals surface area (Å²) >= 11 is 6.34. The van der Waals surface area contributed by atoms with E-state index in [0.717, 1.165) is 11.1 Å². The third kappa shape index (κ3) is 6.39. The summed E-state index contributed by atoms with van der Waals surface area (Å²) in [5.41, 5.74) is 1.66. The standard InChI is InChI=1S/C19H23ClN2O5/c1-3-26-18-8-15(11-21-10-13(2)23)17(20)9-19(18)27-12-14-4-6-16(7-5-14)22(24)25/h4-9,13,21,23H,3,10-12H2,1-2H3. The highest BCUT2D eigenvalue weighted by Gasteiger charge is 2.12. The molecule has 1 atom stereocenters. The van der Waals surface area contributed by atoms with Gasteiger partial charge in [-0.1, -0.05) is 11.6 Å². The lowest BCUT2D eigenvalue weighted by molar-refractivity contribution is -0.384. The summed E-state index contributed by atoms with van der Waals surface area (Å²) < 4.78 is 11.5. The molecule has 0 aliphatic carbocycles. The third-order valence-corrected chi connectivity index (χ3v) is 4.06. The van der Waals surface area contributed by atoms with Crippen LogP contribution in [0.2, 0.25) is 5.02 Å². The van der Waals surface area contributed by atoms with Crippen molar-refractivity contribution in [2.75, 3.05) is 13.2 Å². The van der Waals surface area contributed by atoms with Gasteiger partial charge in [-0.3, -0.25) is 10.1 Å². The van der Waals surface area contributed by atoms with E-state index in [0.29, 0.717) is 36.2 Å². The minimum absolute atomic E-state index is 0.0332. The predicted molar refractivity (Wildman–Crippen MR) is 103 cm³/mol. The van der Waals surface area contributed by atoms with Crippen molar-refractivity contribution < 1.29 is 19.5 Å². The van der Waals surface area contributed by atoms with Crippen molar-refractivity contribution >= 4 is 17.3 Å². The number of aliphatic hydroxyl groups is 1. The maximum absolute atomic E-state index is 10.7. The minimum atomic E-state index is -0.445. The Kier molecular flexibility index (Phi) is 7.84. The number of rotatable bonds is 10. The van der Waals surface area contributed by atoms with Crippen LogP contribution in [0.5, 0.6) is 11.5 Å². The number of hydrogen-bond donors (Lipinski definition) is 2. The Morgan fingerprint density at radius 3 is 2.48 bits per heavy atom. The van der Waals surface area contributed by atoms with Crippen LogP contribution in [0.1, 0.15) is 25.0 Å². The maximum atomic E-state index is 10.7. The first-order valence-corrected chi connectivity index (χ1v) is 8.98. The predicted octanol–water partition coefficient (Wildman–Crippen LogP) is 3.70. The number of non-ortho nitro benzene ring substituents is 1. The van der Waals surface area contributed by atoms with E-state index in [1.54, 1.807) is 25.1 Å². The first-order chi connectivity index (χ1) is 12.9. The van der Waals surface area contributed by atoms with Gasteiger partial charge in [-0.25, -0.2) is 0 Å². The normalized spacial score (nSPS) is 11.9. The van der Waals surface area contributed by atoms with Crippen LogP contribution in [-0.4, -0.2) is 29.3 Å². The van der Waals surface area contributed by atoms with E-state index < -0.39 is 11.0 Å². The molecule has 0 amide bonds. The number of benzene rings is 2. The fourth-order valence-corrected chi connectivity index (χ4v) is 2.60. The molecule has 0 fully saturated rings. The molecule has 0 aliphatic heterocycles. The molecule has 1 unspecified atom stereocenters. The van der Waals surface area contributed by atoms with E-state index in [1.807, 2.05) is 13.0 Å².